The summed E-state index contributed by atoms with van der Waals surface area (Å²) in [4.78, 5) is 6.80. The summed E-state index contributed by atoms with van der Waals surface area (Å²) >= 11 is 0. The Morgan fingerprint density at radius 1 is 0.722 bits per heavy atom. The molecule has 2 heteroatoms. The molecule has 5 aromatic carbocycles. The van der Waals surface area contributed by atoms with Crippen molar-refractivity contribution in [3.8, 4) is 22.3 Å². The molecule has 0 fully saturated rings. The third-order valence-corrected chi connectivity index (χ3v) is 10.9. The van der Waals surface area contributed by atoms with Crippen LogP contribution in [0.3, 0.4) is 0 Å². The number of hydrogen-bond acceptors (Lipinski definition) is 2. The Hall–Kier alpha value is -6.51. The smallest absolute Gasteiger partial charge is 0.0694 e. The molecular weight excluding hydrogens is 653 g/mol. The van der Waals surface area contributed by atoms with Crippen molar-refractivity contribution >= 4 is 28.9 Å². The van der Waals surface area contributed by atoms with Gasteiger partial charge in [-0.3, -0.25) is 4.99 Å². The summed E-state index contributed by atoms with van der Waals surface area (Å²) in [7, 11) is 0. The molecule has 0 N–H and O–H groups in total. The fraction of sp³-hybridized carbons (Fsp3) is 0.0962. The molecule has 5 aromatic rings. The Morgan fingerprint density at radius 3 is 2.26 bits per heavy atom. The Labute approximate surface area is 319 Å². The highest BCUT2D eigenvalue weighted by Gasteiger charge is 2.47. The van der Waals surface area contributed by atoms with Gasteiger partial charge in [0.1, 0.15) is 0 Å². The first-order valence-corrected chi connectivity index (χ1v) is 18.8. The van der Waals surface area contributed by atoms with Gasteiger partial charge in [0.2, 0.25) is 0 Å². The minimum absolute atomic E-state index is 0.157. The molecule has 1 spiro atoms. The van der Waals surface area contributed by atoms with Gasteiger partial charge in [-0.1, -0.05) is 170 Å². The minimum atomic E-state index is -0.452. The summed E-state index contributed by atoms with van der Waals surface area (Å²) in [5.74, 6) is 0. The molecule has 1 aliphatic heterocycles. The van der Waals surface area contributed by atoms with Crippen molar-refractivity contribution in [3.05, 3.63) is 229 Å². The molecule has 0 aromatic heterocycles. The molecular formula is C52H44N2. The number of anilines is 1. The number of nitrogens with zero attached hydrogens (tertiary/aromatic N) is 2. The second-order valence-corrected chi connectivity index (χ2v) is 13.9. The highest BCUT2D eigenvalue weighted by molar-refractivity contribution is 6.00. The Bertz CT molecular complexity index is 2490. The highest BCUT2D eigenvalue weighted by Crippen LogP contribution is 2.59. The molecule has 2 unspecified atom stereocenters. The molecule has 2 aliphatic carbocycles. The van der Waals surface area contributed by atoms with Crippen LogP contribution in [-0.4, -0.2) is 12.8 Å². The van der Waals surface area contributed by atoms with Gasteiger partial charge in [-0.25, -0.2) is 0 Å². The third-order valence-electron chi connectivity index (χ3n) is 10.9. The van der Waals surface area contributed by atoms with Gasteiger partial charge in [0.05, 0.1) is 17.2 Å². The maximum absolute atomic E-state index is 4.62. The summed E-state index contributed by atoms with van der Waals surface area (Å²) in [5, 5.41) is 2.49. The van der Waals surface area contributed by atoms with Crippen LogP contribution in [-0.2, 0) is 5.41 Å². The lowest BCUT2D eigenvalue weighted by Crippen LogP contribution is -2.36. The number of para-hydroxylation sites is 1. The van der Waals surface area contributed by atoms with Crippen molar-refractivity contribution in [3.63, 3.8) is 0 Å². The summed E-state index contributed by atoms with van der Waals surface area (Å²) in [6.07, 6.45) is 33.5. The van der Waals surface area contributed by atoms with Crippen LogP contribution in [0.5, 0.6) is 0 Å². The van der Waals surface area contributed by atoms with E-state index >= 15 is 0 Å². The number of fused-ring (bicyclic) bond motifs is 8. The van der Waals surface area contributed by atoms with Crippen molar-refractivity contribution in [1.82, 2.24) is 0 Å². The highest BCUT2D eigenvalue weighted by atomic mass is 15.2. The van der Waals surface area contributed by atoms with Crippen molar-refractivity contribution < 1.29 is 0 Å². The average molecular weight is 697 g/mol. The zero-order valence-electron chi connectivity index (χ0n) is 30.8. The monoisotopic (exact) mass is 696 g/mol. The molecule has 54 heavy (non-hydrogen) atoms. The van der Waals surface area contributed by atoms with Gasteiger partial charge in [-0.05, 0) is 107 Å². The lowest BCUT2D eigenvalue weighted by Gasteiger charge is -2.40. The zero-order chi connectivity index (χ0) is 36.9. The van der Waals surface area contributed by atoms with Gasteiger partial charge < -0.3 is 4.90 Å². The molecule has 0 saturated heterocycles. The second-order valence-electron chi connectivity index (χ2n) is 13.9. The molecule has 0 bridgehead atoms. The van der Waals surface area contributed by atoms with Crippen LogP contribution in [0.4, 0.5) is 5.69 Å². The van der Waals surface area contributed by atoms with E-state index in [-0.39, 0.29) is 6.04 Å². The fourth-order valence-electron chi connectivity index (χ4n) is 8.44. The van der Waals surface area contributed by atoms with Crippen LogP contribution in [0.1, 0.15) is 42.0 Å². The van der Waals surface area contributed by atoms with Crippen molar-refractivity contribution in [2.45, 2.75) is 31.2 Å². The first-order chi connectivity index (χ1) is 26.6. The van der Waals surface area contributed by atoms with Gasteiger partial charge in [0, 0.05) is 16.9 Å². The Morgan fingerprint density at radius 2 is 1.46 bits per heavy atom. The molecule has 0 amide bonds. The quantitative estimate of drug-likeness (QED) is 0.122. The van der Waals surface area contributed by atoms with E-state index in [0.717, 1.165) is 29.8 Å². The largest absolute Gasteiger partial charge is 0.334 e. The van der Waals surface area contributed by atoms with Crippen molar-refractivity contribution in [1.29, 1.82) is 0 Å². The third kappa shape index (κ3) is 6.20. The summed E-state index contributed by atoms with van der Waals surface area (Å²) in [5.41, 5.74) is 12.5. The molecule has 0 saturated carbocycles. The van der Waals surface area contributed by atoms with E-state index in [1.807, 2.05) is 49.5 Å². The van der Waals surface area contributed by atoms with Gasteiger partial charge in [0.15, 0.2) is 0 Å². The van der Waals surface area contributed by atoms with Crippen LogP contribution in [0.25, 0.3) is 38.7 Å². The molecule has 0 radical (unpaired) electrons. The number of aliphatic imine (C=N–C) groups is 1. The van der Waals surface area contributed by atoms with E-state index in [0.29, 0.717) is 0 Å². The Balaban J connectivity index is 1.34. The standard InChI is InChI=1S/C52H44N2/c1-4-5-6-7-8-14-29-49(53-3)40-33-31-39(32-34-40)44-26-20-28-47-51(44)45-36-41-22-15-16-23-42(41)37-48(45)52(47)35-19-10-11-21-38(2)54(43-24-12-9-13-25-43)50-30-18-17-27-46(50)52/h4-24,26-34,36-37,43H,2-3,25,35H2,1H3/b5-4+,7-6-,14-8-,19-10-,21-11-,49-29-. The van der Waals surface area contributed by atoms with E-state index in [9.17, 15) is 0 Å². The summed E-state index contributed by atoms with van der Waals surface area (Å²) in [6.45, 7) is 10.5. The van der Waals surface area contributed by atoms with E-state index in [4.69, 9.17) is 0 Å². The number of benzene rings is 5. The first-order valence-electron chi connectivity index (χ1n) is 18.8. The maximum atomic E-state index is 4.62. The van der Waals surface area contributed by atoms with Crippen LogP contribution in [0.15, 0.2) is 212 Å². The van der Waals surface area contributed by atoms with E-state index < -0.39 is 5.41 Å². The average Bonchev–Trinajstić information content (AvgIpc) is 3.49. The summed E-state index contributed by atoms with van der Waals surface area (Å²) < 4.78 is 0. The number of hydrogen-bond donors (Lipinski definition) is 0. The lowest BCUT2D eigenvalue weighted by molar-refractivity contribution is 0.638. The molecule has 8 rings (SSSR count). The van der Waals surface area contributed by atoms with Gasteiger partial charge in [0.25, 0.3) is 0 Å². The number of rotatable bonds is 7. The minimum Gasteiger partial charge on any atom is -0.334 e. The van der Waals surface area contributed by atoms with Crippen molar-refractivity contribution in [2.24, 2.45) is 4.99 Å². The second kappa shape index (κ2) is 15.2. The van der Waals surface area contributed by atoms with Gasteiger partial charge in [-0.2, -0.15) is 0 Å². The maximum Gasteiger partial charge on any atom is 0.0694 e. The van der Waals surface area contributed by atoms with Crippen LogP contribution >= 0.6 is 0 Å². The SMILES string of the molecule is C=N\C(=C/C=C\C=C/C=C/C)c1ccc(-c2cccc3c2-c2cc4ccccc4cc2C32C/C=C\C=C/C(=C)N(C3C=CC=CC3)c3ccccc32)cc1. The fourth-order valence-corrected chi connectivity index (χ4v) is 8.44. The molecule has 2 nitrogen and oxygen atoms in total. The van der Waals surface area contributed by atoms with E-state index in [1.54, 1.807) is 0 Å². The van der Waals surface area contributed by atoms with E-state index in [2.05, 4.69) is 175 Å². The van der Waals surface area contributed by atoms with E-state index in [1.165, 1.54) is 55.4 Å². The Kier molecular flexibility index (Phi) is 9.75. The molecule has 3 aliphatic rings. The first kappa shape index (κ1) is 34.6. The van der Waals surface area contributed by atoms with Crippen LogP contribution < -0.4 is 4.90 Å². The topological polar surface area (TPSA) is 15.6 Å². The predicted molar refractivity (Wildman–Crippen MR) is 233 cm³/mol. The van der Waals surface area contributed by atoms with Crippen LogP contribution in [0, 0.1) is 0 Å². The zero-order valence-corrected chi connectivity index (χ0v) is 30.8. The normalized spacial score (nSPS) is 20.5. The predicted octanol–water partition coefficient (Wildman–Crippen LogP) is 13.3. The lowest BCUT2D eigenvalue weighted by atomic mass is 9.68. The van der Waals surface area contributed by atoms with Crippen molar-refractivity contribution in [2.75, 3.05) is 4.90 Å². The molecule has 262 valence electrons. The molecule has 1 heterocycles. The molecule has 2 atom stereocenters. The summed E-state index contributed by atoms with van der Waals surface area (Å²) in [6, 6.07) is 38.5. The number of allylic oxidation sites excluding steroid dienone is 13. The van der Waals surface area contributed by atoms with Gasteiger partial charge in [-0.15, -0.1) is 0 Å². The van der Waals surface area contributed by atoms with Gasteiger partial charge >= 0.3 is 0 Å². The van der Waals surface area contributed by atoms with Crippen LogP contribution in [0.2, 0.25) is 0 Å².